The number of nitrogens with two attached hydrogens (primary N) is 2. The summed E-state index contributed by atoms with van der Waals surface area (Å²) in [6.07, 6.45) is 0. The molecule has 0 amide bonds. The molecule has 3 nitrogen and oxygen atoms in total. The van der Waals surface area contributed by atoms with E-state index in [1.54, 1.807) is 0 Å². The third kappa shape index (κ3) is 3.11. The van der Waals surface area contributed by atoms with Crippen LogP contribution in [0, 0.1) is 0 Å². The Morgan fingerprint density at radius 1 is 0.636 bits per heavy atom. The Kier molecular flexibility index (Phi) is 4.81. The predicted octanol–water partition coefficient (Wildman–Crippen LogP) is 2.86. The van der Waals surface area contributed by atoms with Crippen LogP contribution in [0.1, 0.15) is 0 Å². The molecule has 0 saturated carbocycles. The van der Waals surface area contributed by atoms with Crippen LogP contribution in [0.25, 0.3) is 22.3 Å². The largest absolute Gasteiger partial charge is 0.412 e. The Labute approximate surface area is 132 Å². The normalized spacial score (nSPS) is 10.0. The van der Waals surface area contributed by atoms with Gasteiger partial charge in [-0.1, -0.05) is 42.5 Å². The van der Waals surface area contributed by atoms with Gasteiger partial charge in [-0.2, -0.15) is 0 Å². The van der Waals surface area contributed by atoms with Crippen molar-refractivity contribution in [3.05, 3.63) is 66.7 Å². The van der Waals surface area contributed by atoms with E-state index >= 15 is 0 Å². The molecule has 0 aromatic heterocycles. The molecular formula is C18H19N2OP. The van der Waals surface area contributed by atoms with E-state index < -0.39 is 0 Å². The van der Waals surface area contributed by atoms with Gasteiger partial charge in [-0.15, -0.1) is 9.24 Å². The van der Waals surface area contributed by atoms with Crippen molar-refractivity contribution >= 4 is 25.9 Å². The SMILES string of the molecule is Nc1ccc(-c2cccc(P)c2-c2ccc(N)cc2)cc1.O. The number of hydrogen-bond donors (Lipinski definition) is 2. The molecule has 112 valence electrons. The van der Waals surface area contributed by atoms with Gasteiger partial charge >= 0.3 is 0 Å². The first-order valence-corrected chi connectivity index (χ1v) is 7.33. The van der Waals surface area contributed by atoms with Gasteiger partial charge in [0.2, 0.25) is 0 Å². The summed E-state index contributed by atoms with van der Waals surface area (Å²) in [7, 11) is 2.81. The quantitative estimate of drug-likeness (QED) is 0.563. The highest BCUT2D eigenvalue weighted by atomic mass is 31.0. The summed E-state index contributed by atoms with van der Waals surface area (Å²) >= 11 is 0. The molecule has 0 fully saturated rings. The molecule has 1 atom stereocenters. The van der Waals surface area contributed by atoms with Crippen molar-refractivity contribution < 1.29 is 5.48 Å². The Balaban J connectivity index is 0.00000176. The zero-order valence-electron chi connectivity index (χ0n) is 12.1. The zero-order chi connectivity index (χ0) is 14.8. The first-order valence-electron chi connectivity index (χ1n) is 6.75. The second-order valence-electron chi connectivity index (χ2n) is 5.01. The molecule has 1 unspecified atom stereocenters. The lowest BCUT2D eigenvalue weighted by molar-refractivity contribution is 0.824. The number of benzene rings is 3. The van der Waals surface area contributed by atoms with E-state index in [0.29, 0.717) is 0 Å². The molecule has 3 aromatic rings. The van der Waals surface area contributed by atoms with Gasteiger partial charge in [-0.3, -0.25) is 0 Å². The highest BCUT2D eigenvalue weighted by molar-refractivity contribution is 7.28. The highest BCUT2D eigenvalue weighted by Crippen LogP contribution is 2.32. The molecule has 0 spiro atoms. The average molecular weight is 310 g/mol. The fourth-order valence-corrected chi connectivity index (χ4v) is 2.88. The lowest BCUT2D eigenvalue weighted by Gasteiger charge is -2.13. The molecule has 6 N–H and O–H groups in total. The first-order chi connectivity index (χ1) is 10.1. The lowest BCUT2D eigenvalue weighted by Crippen LogP contribution is -1.99. The number of hydrogen-bond acceptors (Lipinski definition) is 2. The van der Waals surface area contributed by atoms with Gasteiger partial charge in [0.15, 0.2) is 0 Å². The van der Waals surface area contributed by atoms with Gasteiger partial charge in [0.25, 0.3) is 0 Å². The van der Waals surface area contributed by atoms with Gasteiger partial charge in [0, 0.05) is 11.4 Å². The third-order valence-electron chi connectivity index (χ3n) is 3.52. The van der Waals surface area contributed by atoms with Crippen molar-refractivity contribution in [1.29, 1.82) is 0 Å². The van der Waals surface area contributed by atoms with E-state index in [1.807, 2.05) is 24.3 Å². The Bertz CT molecular complexity index is 768. The fourth-order valence-electron chi connectivity index (χ4n) is 2.45. The van der Waals surface area contributed by atoms with Crippen molar-refractivity contribution in [2.45, 2.75) is 0 Å². The predicted molar refractivity (Wildman–Crippen MR) is 99.1 cm³/mol. The van der Waals surface area contributed by atoms with Crippen LogP contribution in [0.5, 0.6) is 0 Å². The molecule has 22 heavy (non-hydrogen) atoms. The summed E-state index contributed by atoms with van der Waals surface area (Å²) in [4.78, 5) is 0. The standard InChI is InChI=1S/C18H17N2P.H2O/c19-14-8-4-12(5-9-14)16-2-1-3-17(21)18(16)13-6-10-15(20)11-7-13;/h1-11H,19-21H2;1H2. The molecule has 3 aromatic carbocycles. The molecule has 0 aliphatic rings. The second kappa shape index (κ2) is 6.61. The van der Waals surface area contributed by atoms with Crippen molar-refractivity contribution in [3.63, 3.8) is 0 Å². The number of rotatable bonds is 2. The topological polar surface area (TPSA) is 83.5 Å². The first kappa shape index (κ1) is 16.0. The molecule has 0 aliphatic heterocycles. The Morgan fingerprint density at radius 3 is 1.68 bits per heavy atom. The van der Waals surface area contributed by atoms with Gasteiger partial charge in [0.05, 0.1) is 0 Å². The molecule has 0 saturated heterocycles. The van der Waals surface area contributed by atoms with E-state index in [4.69, 9.17) is 11.5 Å². The van der Waals surface area contributed by atoms with Crippen molar-refractivity contribution in [2.24, 2.45) is 0 Å². The fraction of sp³-hybridized carbons (Fsp3) is 0. The van der Waals surface area contributed by atoms with Crippen molar-refractivity contribution in [1.82, 2.24) is 0 Å². The van der Waals surface area contributed by atoms with Gasteiger partial charge in [-0.05, 0) is 51.8 Å². The molecule has 0 heterocycles. The van der Waals surface area contributed by atoms with E-state index in [2.05, 4.69) is 51.7 Å². The average Bonchev–Trinajstić information content (AvgIpc) is 2.49. The van der Waals surface area contributed by atoms with Crippen LogP contribution >= 0.6 is 9.24 Å². The van der Waals surface area contributed by atoms with Crippen molar-refractivity contribution in [2.75, 3.05) is 11.5 Å². The molecule has 0 bridgehead atoms. The van der Waals surface area contributed by atoms with Crippen LogP contribution in [0.3, 0.4) is 0 Å². The minimum atomic E-state index is 0. The summed E-state index contributed by atoms with van der Waals surface area (Å²) in [5, 5.41) is 1.16. The lowest BCUT2D eigenvalue weighted by atomic mass is 9.94. The molecule has 0 aliphatic carbocycles. The molecule has 0 radical (unpaired) electrons. The van der Waals surface area contributed by atoms with Gasteiger partial charge < -0.3 is 16.9 Å². The second-order valence-corrected chi connectivity index (χ2v) is 5.64. The van der Waals surface area contributed by atoms with E-state index in [1.165, 1.54) is 11.1 Å². The monoisotopic (exact) mass is 310 g/mol. The molecular weight excluding hydrogens is 291 g/mol. The van der Waals surface area contributed by atoms with Crippen LogP contribution in [-0.4, -0.2) is 5.48 Å². The van der Waals surface area contributed by atoms with Gasteiger partial charge in [0.1, 0.15) is 0 Å². The molecule has 3 rings (SSSR count). The smallest absolute Gasteiger partial charge is 0.0314 e. The Hall–Kier alpha value is -2.35. The summed E-state index contributed by atoms with van der Waals surface area (Å²) in [6, 6.07) is 22.2. The summed E-state index contributed by atoms with van der Waals surface area (Å²) < 4.78 is 0. The van der Waals surface area contributed by atoms with Crippen molar-refractivity contribution in [3.8, 4) is 22.3 Å². The summed E-state index contributed by atoms with van der Waals surface area (Å²) in [6.45, 7) is 0. The molecule has 4 heteroatoms. The van der Waals surface area contributed by atoms with Crippen LogP contribution in [-0.2, 0) is 0 Å². The maximum Gasteiger partial charge on any atom is 0.0314 e. The minimum absolute atomic E-state index is 0. The number of nitrogen functional groups attached to an aromatic ring is 2. The van der Waals surface area contributed by atoms with Crippen LogP contribution in [0.15, 0.2) is 66.7 Å². The summed E-state index contributed by atoms with van der Waals surface area (Å²) in [5.41, 5.74) is 17.8. The van der Waals surface area contributed by atoms with Crippen LogP contribution in [0.4, 0.5) is 11.4 Å². The zero-order valence-corrected chi connectivity index (χ0v) is 13.2. The summed E-state index contributed by atoms with van der Waals surface area (Å²) in [5.74, 6) is 0. The van der Waals surface area contributed by atoms with Crippen LogP contribution < -0.4 is 16.8 Å². The van der Waals surface area contributed by atoms with E-state index in [-0.39, 0.29) is 5.48 Å². The Morgan fingerprint density at radius 2 is 1.14 bits per heavy atom. The van der Waals surface area contributed by atoms with E-state index in [0.717, 1.165) is 27.8 Å². The van der Waals surface area contributed by atoms with Crippen LogP contribution in [0.2, 0.25) is 0 Å². The third-order valence-corrected chi connectivity index (χ3v) is 4.00. The van der Waals surface area contributed by atoms with E-state index in [9.17, 15) is 0 Å². The minimum Gasteiger partial charge on any atom is -0.412 e. The maximum atomic E-state index is 5.79. The maximum absolute atomic E-state index is 5.79. The highest BCUT2D eigenvalue weighted by Gasteiger charge is 2.10. The number of anilines is 2. The van der Waals surface area contributed by atoms with Gasteiger partial charge in [-0.25, -0.2) is 0 Å².